The number of halogens is 1. The smallest absolute Gasteiger partial charge is 0.313 e. The van der Waals surface area contributed by atoms with E-state index in [2.05, 4.69) is 17.6 Å². The molecule has 0 aliphatic rings. The molecule has 0 unspecified atom stereocenters. The third-order valence-corrected chi connectivity index (χ3v) is 2.72. The molecule has 0 saturated carbocycles. The quantitative estimate of drug-likeness (QED) is 0.637. The Labute approximate surface area is 112 Å². The van der Waals surface area contributed by atoms with Gasteiger partial charge in [-0.05, 0) is 18.6 Å². The lowest BCUT2D eigenvalue weighted by Gasteiger charge is -2.07. The first kappa shape index (κ1) is 14.5. The Kier molecular flexibility index (Phi) is 6.22. The minimum atomic E-state index is -0.695. The van der Waals surface area contributed by atoms with Gasteiger partial charge in [0.05, 0.1) is 10.7 Å². The Bertz CT molecular complexity index is 421. The van der Waals surface area contributed by atoms with Crippen molar-refractivity contribution in [3.8, 4) is 0 Å². The molecule has 1 aromatic carbocycles. The number of carbonyl (C=O) groups excluding carboxylic acids is 2. The van der Waals surface area contributed by atoms with E-state index < -0.39 is 11.8 Å². The molecule has 18 heavy (non-hydrogen) atoms. The summed E-state index contributed by atoms with van der Waals surface area (Å²) in [7, 11) is 0. The number of anilines is 1. The number of amides is 2. The molecule has 0 bridgehead atoms. The second kappa shape index (κ2) is 7.71. The summed E-state index contributed by atoms with van der Waals surface area (Å²) < 4.78 is 0. The molecule has 98 valence electrons. The van der Waals surface area contributed by atoms with Crippen molar-refractivity contribution >= 4 is 29.1 Å². The predicted molar refractivity (Wildman–Crippen MR) is 72.6 cm³/mol. The van der Waals surface area contributed by atoms with Gasteiger partial charge in [0.15, 0.2) is 0 Å². The summed E-state index contributed by atoms with van der Waals surface area (Å²) in [6.07, 6.45) is 2.98. The second-order valence-corrected chi connectivity index (χ2v) is 4.30. The minimum Gasteiger partial charge on any atom is -0.348 e. The lowest BCUT2D eigenvalue weighted by molar-refractivity contribution is -0.136. The summed E-state index contributed by atoms with van der Waals surface area (Å²) in [6, 6.07) is 6.78. The molecule has 2 amide bonds. The Hall–Kier alpha value is -1.55. The first-order valence-electron chi connectivity index (χ1n) is 5.99. The van der Waals surface area contributed by atoms with Crippen LogP contribution in [0.25, 0.3) is 0 Å². The monoisotopic (exact) mass is 268 g/mol. The summed E-state index contributed by atoms with van der Waals surface area (Å²) >= 11 is 5.87. The summed E-state index contributed by atoms with van der Waals surface area (Å²) in [4.78, 5) is 23.0. The van der Waals surface area contributed by atoms with Gasteiger partial charge in [-0.3, -0.25) is 9.59 Å². The van der Waals surface area contributed by atoms with Crippen LogP contribution in [0.2, 0.25) is 5.02 Å². The molecule has 1 rings (SSSR count). The topological polar surface area (TPSA) is 58.2 Å². The van der Waals surface area contributed by atoms with Crippen LogP contribution in [0, 0.1) is 0 Å². The molecule has 0 fully saturated rings. The van der Waals surface area contributed by atoms with Crippen LogP contribution in [-0.2, 0) is 9.59 Å². The molecular formula is C13H17ClN2O2. The fourth-order valence-electron chi connectivity index (χ4n) is 1.40. The van der Waals surface area contributed by atoms with Crippen LogP contribution >= 0.6 is 11.6 Å². The Balaban J connectivity index is 2.41. The highest BCUT2D eigenvalue weighted by atomic mass is 35.5. The van der Waals surface area contributed by atoms with Gasteiger partial charge in [-0.1, -0.05) is 43.5 Å². The zero-order valence-electron chi connectivity index (χ0n) is 10.3. The van der Waals surface area contributed by atoms with Crippen molar-refractivity contribution in [1.82, 2.24) is 5.32 Å². The molecule has 0 atom stereocenters. The van der Waals surface area contributed by atoms with Crippen LogP contribution in [0.4, 0.5) is 5.69 Å². The number of rotatable bonds is 5. The van der Waals surface area contributed by atoms with Gasteiger partial charge in [0.1, 0.15) is 0 Å². The van der Waals surface area contributed by atoms with E-state index in [1.165, 1.54) is 0 Å². The highest BCUT2D eigenvalue weighted by molar-refractivity contribution is 6.41. The van der Waals surface area contributed by atoms with E-state index in [4.69, 9.17) is 11.6 Å². The molecule has 0 aliphatic heterocycles. The van der Waals surface area contributed by atoms with E-state index in [1.807, 2.05) is 0 Å². The van der Waals surface area contributed by atoms with Crippen molar-refractivity contribution in [2.75, 3.05) is 11.9 Å². The molecule has 0 saturated heterocycles. The first-order valence-corrected chi connectivity index (χ1v) is 6.36. The van der Waals surface area contributed by atoms with Gasteiger partial charge in [0.2, 0.25) is 0 Å². The number of benzene rings is 1. The van der Waals surface area contributed by atoms with Crippen molar-refractivity contribution in [3.63, 3.8) is 0 Å². The minimum absolute atomic E-state index is 0.407. The Morgan fingerprint density at radius 3 is 2.56 bits per heavy atom. The lowest BCUT2D eigenvalue weighted by atomic mass is 10.2. The average molecular weight is 269 g/mol. The van der Waals surface area contributed by atoms with E-state index in [0.717, 1.165) is 19.3 Å². The van der Waals surface area contributed by atoms with E-state index in [1.54, 1.807) is 24.3 Å². The van der Waals surface area contributed by atoms with Crippen molar-refractivity contribution in [2.45, 2.75) is 26.2 Å². The summed E-state index contributed by atoms with van der Waals surface area (Å²) in [6.45, 7) is 2.59. The van der Waals surface area contributed by atoms with E-state index in [0.29, 0.717) is 17.3 Å². The van der Waals surface area contributed by atoms with Gasteiger partial charge in [0.25, 0.3) is 0 Å². The van der Waals surface area contributed by atoms with Gasteiger partial charge >= 0.3 is 11.8 Å². The van der Waals surface area contributed by atoms with Crippen LogP contribution in [0.5, 0.6) is 0 Å². The fourth-order valence-corrected chi connectivity index (χ4v) is 1.58. The molecule has 2 N–H and O–H groups in total. The highest BCUT2D eigenvalue weighted by Gasteiger charge is 2.13. The number of hydrogen-bond donors (Lipinski definition) is 2. The van der Waals surface area contributed by atoms with Crippen LogP contribution in [-0.4, -0.2) is 18.4 Å². The number of hydrogen-bond acceptors (Lipinski definition) is 2. The van der Waals surface area contributed by atoms with E-state index in [9.17, 15) is 9.59 Å². The number of unbranched alkanes of at least 4 members (excludes halogenated alkanes) is 2. The highest BCUT2D eigenvalue weighted by Crippen LogP contribution is 2.20. The maximum Gasteiger partial charge on any atom is 0.313 e. The Morgan fingerprint density at radius 1 is 1.17 bits per heavy atom. The standard InChI is InChI=1S/C13H17ClN2O2/c1-2-3-6-9-15-12(17)13(18)16-11-8-5-4-7-10(11)14/h4-5,7-8H,2-3,6,9H2,1H3,(H,15,17)(H,16,18). The maximum atomic E-state index is 11.5. The molecular weight excluding hydrogens is 252 g/mol. The van der Waals surface area contributed by atoms with E-state index >= 15 is 0 Å². The molecule has 0 aliphatic carbocycles. The van der Waals surface area contributed by atoms with E-state index in [-0.39, 0.29) is 0 Å². The van der Waals surface area contributed by atoms with Gasteiger partial charge < -0.3 is 10.6 Å². The summed E-state index contributed by atoms with van der Waals surface area (Å²) in [5.74, 6) is -1.33. The SMILES string of the molecule is CCCCCNC(=O)C(=O)Nc1ccccc1Cl. The molecule has 0 radical (unpaired) electrons. The Morgan fingerprint density at radius 2 is 1.89 bits per heavy atom. The van der Waals surface area contributed by atoms with Crippen LogP contribution < -0.4 is 10.6 Å². The summed E-state index contributed by atoms with van der Waals surface area (Å²) in [5, 5.41) is 5.44. The molecule has 0 spiro atoms. The van der Waals surface area contributed by atoms with Gasteiger partial charge in [-0.25, -0.2) is 0 Å². The summed E-state index contributed by atoms with van der Waals surface area (Å²) in [5.41, 5.74) is 0.438. The normalized spacial score (nSPS) is 9.89. The zero-order chi connectivity index (χ0) is 13.4. The predicted octanol–water partition coefficient (Wildman–Crippen LogP) is 2.58. The maximum absolute atomic E-state index is 11.5. The molecule has 0 aromatic heterocycles. The van der Waals surface area contributed by atoms with Gasteiger partial charge in [0, 0.05) is 6.54 Å². The molecule has 1 aromatic rings. The number of nitrogens with one attached hydrogen (secondary N) is 2. The lowest BCUT2D eigenvalue weighted by Crippen LogP contribution is -2.35. The third-order valence-electron chi connectivity index (χ3n) is 2.39. The molecule has 0 heterocycles. The van der Waals surface area contributed by atoms with Crippen LogP contribution in [0.3, 0.4) is 0 Å². The van der Waals surface area contributed by atoms with Crippen molar-refractivity contribution in [3.05, 3.63) is 29.3 Å². The largest absolute Gasteiger partial charge is 0.348 e. The van der Waals surface area contributed by atoms with Crippen molar-refractivity contribution < 1.29 is 9.59 Å². The van der Waals surface area contributed by atoms with Crippen molar-refractivity contribution in [1.29, 1.82) is 0 Å². The first-order chi connectivity index (χ1) is 8.65. The zero-order valence-corrected chi connectivity index (χ0v) is 11.1. The number of carbonyl (C=O) groups is 2. The van der Waals surface area contributed by atoms with Crippen LogP contribution in [0.15, 0.2) is 24.3 Å². The average Bonchev–Trinajstić information content (AvgIpc) is 2.37. The molecule has 4 nitrogen and oxygen atoms in total. The van der Waals surface area contributed by atoms with Crippen molar-refractivity contribution in [2.24, 2.45) is 0 Å². The third kappa shape index (κ3) is 4.75. The molecule has 5 heteroatoms. The second-order valence-electron chi connectivity index (χ2n) is 3.90. The fraction of sp³-hybridized carbons (Fsp3) is 0.385. The van der Waals surface area contributed by atoms with Gasteiger partial charge in [-0.15, -0.1) is 0 Å². The number of para-hydroxylation sites is 1. The van der Waals surface area contributed by atoms with Crippen LogP contribution in [0.1, 0.15) is 26.2 Å². The van der Waals surface area contributed by atoms with Gasteiger partial charge in [-0.2, -0.15) is 0 Å².